The summed E-state index contributed by atoms with van der Waals surface area (Å²) < 4.78 is 6.15. The van der Waals surface area contributed by atoms with E-state index in [4.69, 9.17) is 4.74 Å². The number of carbonyl (C=O) groups is 3. The molecule has 5 rings (SSSR count). The Labute approximate surface area is 284 Å². The number of carboxylic acid groups (broad SMARTS) is 1. The summed E-state index contributed by atoms with van der Waals surface area (Å²) in [5.41, 5.74) is 0.395. The van der Waals surface area contributed by atoms with Gasteiger partial charge in [0.1, 0.15) is 6.10 Å². The first-order valence-electron chi connectivity index (χ1n) is 18.7. The summed E-state index contributed by atoms with van der Waals surface area (Å²) in [7, 11) is 0. The van der Waals surface area contributed by atoms with E-state index in [-0.39, 0.29) is 58.2 Å². The topological polar surface area (TPSA) is 113 Å². The lowest BCUT2D eigenvalue weighted by molar-refractivity contribution is -0.250. The monoisotopic (exact) mass is 655 g/mol. The Hall–Kier alpha value is -1.89. The van der Waals surface area contributed by atoms with Crippen molar-refractivity contribution in [2.75, 3.05) is 6.61 Å². The molecule has 0 spiro atoms. The van der Waals surface area contributed by atoms with Gasteiger partial charge in [-0.25, -0.2) is 0 Å². The average molecular weight is 656 g/mol. The molecule has 0 aromatic carbocycles. The highest BCUT2D eigenvalue weighted by atomic mass is 16.5. The van der Waals surface area contributed by atoms with Gasteiger partial charge in [0.2, 0.25) is 5.91 Å². The van der Waals surface area contributed by atoms with Gasteiger partial charge in [-0.3, -0.25) is 14.4 Å². The molecule has 0 heterocycles. The van der Waals surface area contributed by atoms with Gasteiger partial charge in [-0.2, -0.15) is 0 Å². The molecular weight excluding hydrogens is 590 g/mol. The molecule has 0 bridgehead atoms. The second-order valence-corrected chi connectivity index (χ2v) is 19.1. The van der Waals surface area contributed by atoms with Gasteiger partial charge in [0, 0.05) is 17.9 Å². The number of aliphatic carboxylic acids is 1. The lowest BCUT2D eigenvalue weighted by atomic mass is 9.32. The molecule has 47 heavy (non-hydrogen) atoms. The van der Waals surface area contributed by atoms with Crippen LogP contribution >= 0.6 is 0 Å². The first kappa shape index (κ1) is 36.4. The number of ether oxygens (including phenoxy) is 1. The third kappa shape index (κ3) is 5.70. The number of nitrogens with one attached hydrogen (secondary N) is 1. The maximum Gasteiger partial charge on any atom is 0.309 e. The van der Waals surface area contributed by atoms with Gasteiger partial charge >= 0.3 is 11.9 Å². The predicted octanol–water partition coefficient (Wildman–Crippen LogP) is 7.94. The van der Waals surface area contributed by atoms with Crippen LogP contribution < -0.4 is 5.32 Å². The molecule has 5 aliphatic rings. The molecule has 5 aliphatic carbocycles. The second-order valence-electron chi connectivity index (χ2n) is 19.1. The third-order valence-electron chi connectivity index (χ3n) is 15.8. The molecule has 7 nitrogen and oxygen atoms in total. The fraction of sp³-hybridized carbons (Fsp3) is 0.875. The minimum atomic E-state index is -1.15. The van der Waals surface area contributed by atoms with Crippen LogP contribution in [0.3, 0.4) is 0 Å². The Morgan fingerprint density at radius 2 is 1.60 bits per heavy atom. The Balaban J connectivity index is 1.40. The van der Waals surface area contributed by atoms with E-state index in [1.807, 2.05) is 6.92 Å². The first-order chi connectivity index (χ1) is 21.7. The normalized spacial score (nSPS) is 42.9. The number of hydrogen-bond donors (Lipinski definition) is 3. The summed E-state index contributed by atoms with van der Waals surface area (Å²) in [4.78, 5) is 38.1. The van der Waals surface area contributed by atoms with Gasteiger partial charge in [-0.1, -0.05) is 46.8 Å². The zero-order chi connectivity index (χ0) is 35.0. The van der Waals surface area contributed by atoms with Gasteiger partial charge in [0.25, 0.3) is 0 Å². The number of amides is 1. The molecule has 0 aromatic rings. The number of allylic oxidation sites excluding steroid dienone is 1. The smallest absolute Gasteiger partial charge is 0.309 e. The van der Waals surface area contributed by atoms with Crippen LogP contribution in [0.25, 0.3) is 0 Å². The highest BCUT2D eigenvalue weighted by Gasteiger charge is 2.71. The lowest BCUT2D eigenvalue weighted by Gasteiger charge is -2.73. The van der Waals surface area contributed by atoms with Gasteiger partial charge < -0.3 is 20.3 Å². The molecule has 7 heteroatoms. The molecule has 1 amide bonds. The minimum absolute atomic E-state index is 0.00349. The van der Waals surface area contributed by atoms with Crippen LogP contribution in [0.15, 0.2) is 12.2 Å². The molecule has 0 aromatic heterocycles. The van der Waals surface area contributed by atoms with Crippen molar-refractivity contribution in [3.63, 3.8) is 0 Å². The number of aliphatic hydroxyl groups excluding tert-OH is 1. The molecule has 11 atom stereocenters. The molecule has 5 saturated carbocycles. The minimum Gasteiger partial charge on any atom is -0.481 e. The summed E-state index contributed by atoms with van der Waals surface area (Å²) in [6, 6.07) is -0.228. The number of fused-ring (bicyclic) bond motifs is 7. The Morgan fingerprint density at radius 3 is 2.21 bits per heavy atom. The molecule has 0 radical (unpaired) electrons. The van der Waals surface area contributed by atoms with Crippen LogP contribution in [0.4, 0.5) is 0 Å². The molecular formula is C40H65NO6. The largest absolute Gasteiger partial charge is 0.481 e. The summed E-state index contributed by atoms with van der Waals surface area (Å²) in [6.45, 7) is 24.1. The van der Waals surface area contributed by atoms with Crippen molar-refractivity contribution in [1.29, 1.82) is 0 Å². The molecule has 0 aliphatic heterocycles. The highest BCUT2D eigenvalue weighted by Crippen LogP contribution is 2.78. The van der Waals surface area contributed by atoms with E-state index >= 15 is 0 Å². The average Bonchev–Trinajstić information content (AvgIpc) is 3.34. The quantitative estimate of drug-likeness (QED) is 0.172. The van der Waals surface area contributed by atoms with E-state index in [9.17, 15) is 24.6 Å². The van der Waals surface area contributed by atoms with Crippen LogP contribution in [-0.2, 0) is 19.1 Å². The maximum atomic E-state index is 13.4. The van der Waals surface area contributed by atoms with Crippen LogP contribution in [0.5, 0.6) is 0 Å². The van der Waals surface area contributed by atoms with Crippen molar-refractivity contribution in [1.82, 2.24) is 5.32 Å². The molecule has 3 N–H and O–H groups in total. The van der Waals surface area contributed by atoms with Crippen LogP contribution in [0, 0.1) is 62.1 Å². The number of carboxylic acids is 1. The first-order valence-corrected chi connectivity index (χ1v) is 18.7. The van der Waals surface area contributed by atoms with Gasteiger partial charge in [-0.15, -0.1) is 0 Å². The van der Waals surface area contributed by atoms with Crippen molar-refractivity contribution in [3.8, 4) is 0 Å². The Kier molecular flexibility index (Phi) is 9.41. The van der Waals surface area contributed by atoms with Crippen LogP contribution in [0.1, 0.15) is 139 Å². The molecule has 0 saturated heterocycles. The van der Waals surface area contributed by atoms with E-state index < -0.39 is 17.4 Å². The van der Waals surface area contributed by atoms with Crippen molar-refractivity contribution < 1.29 is 29.3 Å². The third-order valence-corrected chi connectivity index (χ3v) is 15.8. The number of rotatable bonds is 9. The summed E-state index contributed by atoms with van der Waals surface area (Å²) >= 11 is 0. The summed E-state index contributed by atoms with van der Waals surface area (Å²) in [5.74, 6) is 1.15. The fourth-order valence-corrected chi connectivity index (χ4v) is 13.1. The fourth-order valence-electron chi connectivity index (χ4n) is 13.1. The van der Waals surface area contributed by atoms with E-state index in [1.165, 1.54) is 18.4 Å². The summed E-state index contributed by atoms with van der Waals surface area (Å²) in [6.07, 6.45) is 11.1. The predicted molar refractivity (Wildman–Crippen MR) is 184 cm³/mol. The molecule has 1 unspecified atom stereocenters. The number of carbonyl (C=O) groups excluding carboxylic acids is 2. The molecule has 266 valence electrons. The SMILES string of the molecule is C=C(C)[C@@H]1CC[C@]2(CC(=O)NC(C)CO)CC[C@]3(C)[C@H](CC[C@@H]4[C@@]5(C)CC[C@H](OC(=O)CC(C)(C)C(=O)O)C(C)(C)[C@@H]5CC[C@]43C)[C@@H]12. The number of hydrogen-bond acceptors (Lipinski definition) is 5. The zero-order valence-electron chi connectivity index (χ0n) is 31.0. The van der Waals surface area contributed by atoms with Crippen molar-refractivity contribution in [2.24, 2.45) is 62.1 Å². The highest BCUT2D eigenvalue weighted by molar-refractivity contribution is 5.81. The van der Waals surface area contributed by atoms with E-state index in [2.05, 4.69) is 53.4 Å². The van der Waals surface area contributed by atoms with Crippen LogP contribution in [-0.4, -0.2) is 46.8 Å². The zero-order valence-corrected chi connectivity index (χ0v) is 31.0. The van der Waals surface area contributed by atoms with Crippen LogP contribution in [0.2, 0.25) is 0 Å². The van der Waals surface area contributed by atoms with Crippen molar-refractivity contribution >= 4 is 17.8 Å². The summed E-state index contributed by atoms with van der Waals surface area (Å²) in [5, 5.41) is 22.2. The second kappa shape index (κ2) is 12.2. The van der Waals surface area contributed by atoms with Crippen molar-refractivity contribution in [2.45, 2.75) is 152 Å². The van der Waals surface area contributed by atoms with E-state index in [0.717, 1.165) is 51.4 Å². The van der Waals surface area contributed by atoms with E-state index in [1.54, 1.807) is 13.8 Å². The number of esters is 1. The van der Waals surface area contributed by atoms with Gasteiger partial charge in [0.05, 0.1) is 18.4 Å². The Bertz CT molecular complexity index is 1270. The van der Waals surface area contributed by atoms with Crippen molar-refractivity contribution in [3.05, 3.63) is 12.2 Å². The van der Waals surface area contributed by atoms with Gasteiger partial charge in [-0.05, 0) is 143 Å². The van der Waals surface area contributed by atoms with Gasteiger partial charge in [0.15, 0.2) is 0 Å². The standard InChI is InChI=1S/C40H65NO6/c1-24(2)26-13-18-40(21-31(43)41-25(3)23-42)20-19-38(9)27(33(26)40)11-12-29-37(8)16-15-30(47-32(44)22-35(4,5)34(45)46)36(6,7)28(37)14-17-39(29,38)10/h25-30,33,42H,1,11-23H2,2-10H3,(H,41,43)(H,45,46)/t25?,26-,27+,28-,29+,30-,33+,37-,38+,39+,40+/m0/s1. The number of aliphatic hydroxyl groups is 1. The lowest BCUT2D eigenvalue weighted by Crippen LogP contribution is -2.67. The maximum absolute atomic E-state index is 13.4. The molecule has 5 fully saturated rings. The van der Waals surface area contributed by atoms with E-state index in [0.29, 0.717) is 36.0 Å². The Morgan fingerprint density at radius 1 is 0.915 bits per heavy atom.